The summed E-state index contributed by atoms with van der Waals surface area (Å²) in [6, 6.07) is 17.4. The summed E-state index contributed by atoms with van der Waals surface area (Å²) in [4.78, 5) is 15.8. The molecular weight excluding hydrogens is 296 g/mol. The SMILES string of the molecule is COc1ccc(N2CC(=O)N(Cc3ccccc3)C2=S)cc1. The van der Waals surface area contributed by atoms with Crippen LogP contribution in [0.2, 0.25) is 0 Å². The molecule has 1 amide bonds. The van der Waals surface area contributed by atoms with Gasteiger partial charge in [0, 0.05) is 5.69 Å². The van der Waals surface area contributed by atoms with Gasteiger partial charge >= 0.3 is 0 Å². The molecule has 112 valence electrons. The molecule has 1 aliphatic rings. The normalized spacial score (nSPS) is 14.6. The largest absolute Gasteiger partial charge is 0.497 e. The van der Waals surface area contributed by atoms with Gasteiger partial charge in [0.1, 0.15) is 12.3 Å². The van der Waals surface area contributed by atoms with Gasteiger partial charge in [0.05, 0.1) is 13.7 Å². The van der Waals surface area contributed by atoms with Crippen molar-refractivity contribution in [3.8, 4) is 5.75 Å². The number of carbonyl (C=O) groups is 1. The van der Waals surface area contributed by atoms with Crippen LogP contribution in [0.15, 0.2) is 54.6 Å². The molecule has 1 saturated heterocycles. The smallest absolute Gasteiger partial charge is 0.249 e. The molecule has 1 heterocycles. The van der Waals surface area contributed by atoms with E-state index in [2.05, 4.69) is 0 Å². The standard InChI is InChI=1S/C17H16N2O2S/c1-21-15-9-7-14(8-10-15)18-12-16(20)19(17(18)22)11-13-5-3-2-4-6-13/h2-10H,11-12H2,1H3. The number of benzene rings is 2. The third kappa shape index (κ3) is 2.80. The van der Waals surface area contributed by atoms with Crippen LogP contribution >= 0.6 is 12.2 Å². The first-order valence-corrected chi connectivity index (χ1v) is 7.39. The molecule has 22 heavy (non-hydrogen) atoms. The van der Waals surface area contributed by atoms with Gasteiger partial charge < -0.3 is 9.64 Å². The lowest BCUT2D eigenvalue weighted by atomic mass is 10.2. The maximum Gasteiger partial charge on any atom is 0.249 e. The zero-order valence-electron chi connectivity index (χ0n) is 12.2. The van der Waals surface area contributed by atoms with Crippen molar-refractivity contribution in [3.63, 3.8) is 0 Å². The van der Waals surface area contributed by atoms with Crippen LogP contribution in [0.1, 0.15) is 5.56 Å². The summed E-state index contributed by atoms with van der Waals surface area (Å²) in [6.07, 6.45) is 0. The van der Waals surface area contributed by atoms with Crippen molar-refractivity contribution in [1.82, 2.24) is 4.90 Å². The highest BCUT2D eigenvalue weighted by Gasteiger charge is 2.33. The Bertz CT molecular complexity index is 686. The van der Waals surface area contributed by atoms with Gasteiger partial charge in [0.25, 0.3) is 0 Å². The number of nitrogens with zero attached hydrogens (tertiary/aromatic N) is 2. The maximum absolute atomic E-state index is 12.3. The van der Waals surface area contributed by atoms with Crippen LogP contribution in [0.5, 0.6) is 5.75 Å². The predicted octanol–water partition coefficient (Wildman–Crippen LogP) is 2.83. The zero-order chi connectivity index (χ0) is 15.5. The highest BCUT2D eigenvalue weighted by Crippen LogP contribution is 2.24. The van der Waals surface area contributed by atoms with E-state index < -0.39 is 0 Å². The molecule has 0 spiro atoms. The summed E-state index contributed by atoms with van der Waals surface area (Å²) in [5.74, 6) is 0.797. The Kier molecular flexibility index (Phi) is 4.06. The summed E-state index contributed by atoms with van der Waals surface area (Å²) in [7, 11) is 1.63. The fraction of sp³-hybridized carbons (Fsp3) is 0.176. The Morgan fingerprint density at radius 1 is 1.09 bits per heavy atom. The van der Waals surface area contributed by atoms with E-state index in [0.29, 0.717) is 11.7 Å². The molecule has 0 N–H and O–H groups in total. The average molecular weight is 312 g/mol. The van der Waals surface area contributed by atoms with Crippen LogP contribution in [0, 0.1) is 0 Å². The first-order valence-electron chi connectivity index (χ1n) is 6.99. The predicted molar refractivity (Wildman–Crippen MR) is 89.9 cm³/mol. The molecule has 0 aliphatic carbocycles. The minimum Gasteiger partial charge on any atom is -0.497 e. The monoisotopic (exact) mass is 312 g/mol. The van der Waals surface area contributed by atoms with Gasteiger partial charge in [0.2, 0.25) is 5.91 Å². The van der Waals surface area contributed by atoms with Crippen molar-refractivity contribution in [3.05, 3.63) is 60.2 Å². The third-order valence-electron chi connectivity index (χ3n) is 3.62. The van der Waals surface area contributed by atoms with E-state index in [-0.39, 0.29) is 12.5 Å². The molecule has 3 rings (SSSR count). The molecular formula is C17H16N2O2S. The molecule has 2 aromatic rings. The first-order chi connectivity index (χ1) is 10.7. The summed E-state index contributed by atoms with van der Waals surface area (Å²) in [6.45, 7) is 0.781. The minimum atomic E-state index is 0.0182. The van der Waals surface area contributed by atoms with Gasteiger partial charge in [0.15, 0.2) is 5.11 Å². The topological polar surface area (TPSA) is 32.8 Å². The van der Waals surface area contributed by atoms with E-state index in [9.17, 15) is 4.79 Å². The van der Waals surface area contributed by atoms with E-state index in [4.69, 9.17) is 17.0 Å². The average Bonchev–Trinajstić information content (AvgIpc) is 2.84. The van der Waals surface area contributed by atoms with Gasteiger partial charge in [-0.2, -0.15) is 0 Å². The second-order valence-corrected chi connectivity index (χ2v) is 5.40. The lowest BCUT2D eigenvalue weighted by Crippen LogP contribution is -2.32. The summed E-state index contributed by atoms with van der Waals surface area (Å²) in [5.41, 5.74) is 1.96. The van der Waals surface area contributed by atoms with Crippen LogP contribution < -0.4 is 9.64 Å². The van der Waals surface area contributed by atoms with Crippen molar-refractivity contribution in [1.29, 1.82) is 0 Å². The zero-order valence-corrected chi connectivity index (χ0v) is 13.0. The lowest BCUT2D eigenvalue weighted by Gasteiger charge is -2.20. The second-order valence-electron chi connectivity index (χ2n) is 5.03. The number of hydrogen-bond acceptors (Lipinski definition) is 3. The van der Waals surface area contributed by atoms with E-state index in [1.807, 2.05) is 59.5 Å². The molecule has 0 bridgehead atoms. The number of amides is 1. The second kappa shape index (κ2) is 6.15. The maximum atomic E-state index is 12.3. The number of hydrogen-bond donors (Lipinski definition) is 0. The van der Waals surface area contributed by atoms with Gasteiger partial charge in [-0.25, -0.2) is 0 Å². The molecule has 1 aliphatic heterocycles. The molecule has 0 unspecified atom stereocenters. The Morgan fingerprint density at radius 3 is 2.41 bits per heavy atom. The van der Waals surface area contributed by atoms with Gasteiger partial charge in [-0.1, -0.05) is 30.3 Å². The van der Waals surface area contributed by atoms with Crippen molar-refractivity contribution in [2.75, 3.05) is 18.6 Å². The van der Waals surface area contributed by atoms with Crippen molar-refractivity contribution in [2.45, 2.75) is 6.54 Å². The van der Waals surface area contributed by atoms with Crippen LogP contribution in [0.4, 0.5) is 5.69 Å². The molecule has 2 aromatic carbocycles. The van der Waals surface area contributed by atoms with Crippen LogP contribution in [0.3, 0.4) is 0 Å². The fourth-order valence-electron chi connectivity index (χ4n) is 2.43. The summed E-state index contributed by atoms with van der Waals surface area (Å²) >= 11 is 5.48. The van der Waals surface area contributed by atoms with Crippen LogP contribution in [-0.2, 0) is 11.3 Å². The number of ether oxygens (including phenoxy) is 1. The Morgan fingerprint density at radius 2 is 1.77 bits per heavy atom. The van der Waals surface area contributed by atoms with E-state index in [1.54, 1.807) is 12.0 Å². The van der Waals surface area contributed by atoms with Crippen molar-refractivity contribution in [2.24, 2.45) is 0 Å². The van der Waals surface area contributed by atoms with Gasteiger partial charge in [-0.15, -0.1) is 0 Å². The quantitative estimate of drug-likeness (QED) is 0.813. The third-order valence-corrected chi connectivity index (χ3v) is 4.06. The lowest BCUT2D eigenvalue weighted by molar-refractivity contribution is -0.124. The number of rotatable bonds is 4. The number of carbonyl (C=O) groups excluding carboxylic acids is 1. The summed E-state index contributed by atoms with van der Waals surface area (Å²) in [5, 5.41) is 0.541. The van der Waals surface area contributed by atoms with Crippen LogP contribution in [-0.4, -0.2) is 29.6 Å². The minimum absolute atomic E-state index is 0.0182. The van der Waals surface area contributed by atoms with Crippen LogP contribution in [0.25, 0.3) is 0 Å². The first kappa shape index (κ1) is 14.5. The molecule has 1 fully saturated rings. The highest BCUT2D eigenvalue weighted by molar-refractivity contribution is 7.80. The number of anilines is 1. The Balaban J connectivity index is 1.78. The number of methoxy groups -OCH3 is 1. The Labute approximate surface area is 134 Å². The molecule has 0 atom stereocenters. The van der Waals surface area contributed by atoms with Crippen molar-refractivity contribution >= 4 is 28.9 Å². The fourth-order valence-corrected chi connectivity index (χ4v) is 2.76. The van der Waals surface area contributed by atoms with E-state index in [0.717, 1.165) is 17.0 Å². The molecule has 5 heteroatoms. The Hall–Kier alpha value is -2.40. The van der Waals surface area contributed by atoms with Crippen molar-refractivity contribution < 1.29 is 9.53 Å². The molecule has 0 saturated carbocycles. The van der Waals surface area contributed by atoms with Gasteiger partial charge in [-0.3, -0.25) is 9.69 Å². The molecule has 4 nitrogen and oxygen atoms in total. The number of thiocarbonyl (C=S) groups is 1. The molecule has 0 aromatic heterocycles. The molecule has 0 radical (unpaired) electrons. The van der Waals surface area contributed by atoms with Gasteiger partial charge in [-0.05, 0) is 42.0 Å². The van der Waals surface area contributed by atoms with E-state index in [1.165, 1.54) is 0 Å². The van der Waals surface area contributed by atoms with E-state index >= 15 is 0 Å². The highest BCUT2D eigenvalue weighted by atomic mass is 32.1. The summed E-state index contributed by atoms with van der Waals surface area (Å²) < 4.78 is 5.15.